The first-order valence-corrected chi connectivity index (χ1v) is 6.08. The van der Waals surface area contributed by atoms with E-state index in [1.54, 1.807) is 0 Å². The molecule has 0 bridgehead atoms. The summed E-state index contributed by atoms with van der Waals surface area (Å²) in [5, 5.41) is 0. The first-order valence-electron chi connectivity index (χ1n) is 3.77. The van der Waals surface area contributed by atoms with Crippen molar-refractivity contribution in [1.82, 2.24) is 0 Å². The third-order valence-electron chi connectivity index (χ3n) is 1.68. The van der Waals surface area contributed by atoms with E-state index in [0.717, 1.165) is 0 Å². The van der Waals surface area contributed by atoms with Crippen molar-refractivity contribution >= 4 is 45.8 Å². The molecule has 0 spiro atoms. The van der Waals surface area contributed by atoms with Crippen LogP contribution in [0.1, 0.15) is 0 Å². The van der Waals surface area contributed by atoms with Gasteiger partial charge in [0.2, 0.25) is 0 Å². The molecule has 0 saturated carbocycles. The molecule has 1 saturated heterocycles. The maximum absolute atomic E-state index is 5.74. The highest BCUT2D eigenvalue weighted by atomic mass is 127. The van der Waals surface area contributed by atoms with E-state index < -0.39 is 0 Å². The summed E-state index contributed by atoms with van der Waals surface area (Å²) in [5.41, 5.74) is 0. The van der Waals surface area contributed by atoms with Gasteiger partial charge in [0.15, 0.2) is 0 Å². The number of alkyl halides is 3. The maximum atomic E-state index is 5.74. The number of halogens is 3. The van der Waals surface area contributed by atoms with Gasteiger partial charge >= 0.3 is 0 Å². The summed E-state index contributed by atoms with van der Waals surface area (Å²) >= 11 is 13.7. The normalized spacial score (nSPS) is 23.2. The molecule has 2 unspecified atom stereocenters. The Balaban J connectivity index is 2.23. The molecule has 0 aromatic rings. The van der Waals surface area contributed by atoms with Crippen molar-refractivity contribution in [3.63, 3.8) is 0 Å². The summed E-state index contributed by atoms with van der Waals surface area (Å²) in [6.07, 6.45) is 0.285. The van der Waals surface area contributed by atoms with Crippen molar-refractivity contribution in [3.8, 4) is 0 Å². The number of ether oxygens (including phenoxy) is 2. The Bertz CT molecular complexity index is 133. The Morgan fingerprint density at radius 1 is 1.42 bits per heavy atom. The van der Waals surface area contributed by atoms with Gasteiger partial charge in [0, 0.05) is 11.8 Å². The lowest BCUT2D eigenvalue weighted by Crippen LogP contribution is -2.42. The molecule has 0 amide bonds. The van der Waals surface area contributed by atoms with Crippen LogP contribution >= 0.6 is 45.8 Å². The first-order chi connectivity index (χ1) is 5.77. The molecule has 2 nitrogen and oxygen atoms in total. The lowest BCUT2D eigenvalue weighted by atomic mass is 10.2. The van der Waals surface area contributed by atoms with Crippen molar-refractivity contribution in [2.24, 2.45) is 0 Å². The fraction of sp³-hybridized carbons (Fsp3) is 1.00. The maximum Gasteiger partial charge on any atom is 0.105 e. The molecule has 72 valence electrons. The largest absolute Gasteiger partial charge is 0.376 e. The monoisotopic (exact) mass is 324 g/mol. The van der Waals surface area contributed by atoms with Gasteiger partial charge in [-0.2, -0.15) is 0 Å². The van der Waals surface area contributed by atoms with E-state index in [4.69, 9.17) is 32.7 Å². The van der Waals surface area contributed by atoms with Gasteiger partial charge in [-0.3, -0.25) is 0 Å². The Morgan fingerprint density at radius 2 is 2.08 bits per heavy atom. The van der Waals surface area contributed by atoms with Crippen LogP contribution in [-0.2, 0) is 9.47 Å². The predicted octanol–water partition coefficient (Wildman–Crippen LogP) is 2.05. The van der Waals surface area contributed by atoms with Crippen molar-refractivity contribution in [1.29, 1.82) is 0 Å². The highest BCUT2D eigenvalue weighted by Gasteiger charge is 2.26. The van der Waals surface area contributed by atoms with E-state index in [2.05, 4.69) is 22.6 Å². The van der Waals surface area contributed by atoms with Gasteiger partial charge in [-0.05, 0) is 0 Å². The molecule has 1 rings (SSSR count). The van der Waals surface area contributed by atoms with Crippen LogP contribution in [0.5, 0.6) is 0 Å². The minimum absolute atomic E-state index is 0.0543. The minimum atomic E-state index is 0.0543. The topological polar surface area (TPSA) is 18.5 Å². The van der Waals surface area contributed by atoms with Gasteiger partial charge in [0.05, 0.1) is 23.2 Å². The summed E-state index contributed by atoms with van der Waals surface area (Å²) in [6.45, 7) is 1.39. The Hall–Kier alpha value is 1.23. The van der Waals surface area contributed by atoms with E-state index in [9.17, 15) is 0 Å². The zero-order valence-electron chi connectivity index (χ0n) is 6.51. The zero-order chi connectivity index (χ0) is 8.97. The van der Waals surface area contributed by atoms with Gasteiger partial charge in [-0.25, -0.2) is 0 Å². The van der Waals surface area contributed by atoms with Crippen LogP contribution in [0, 0.1) is 0 Å². The molecule has 1 aliphatic rings. The van der Waals surface area contributed by atoms with Crippen molar-refractivity contribution < 1.29 is 9.47 Å². The van der Waals surface area contributed by atoms with Crippen LogP contribution in [0.4, 0.5) is 0 Å². The molecule has 1 aliphatic heterocycles. The van der Waals surface area contributed by atoms with E-state index in [-0.39, 0.29) is 16.1 Å². The standard InChI is InChI=1S/C7H11Cl2IO2/c8-1-6(10)7(2-9)12-5-3-11-4-5/h5-7H,1-4H2. The fourth-order valence-corrected chi connectivity index (χ4v) is 2.07. The molecule has 12 heavy (non-hydrogen) atoms. The predicted molar refractivity (Wildman–Crippen MR) is 58.7 cm³/mol. The van der Waals surface area contributed by atoms with Crippen LogP contribution in [-0.4, -0.2) is 41.1 Å². The minimum Gasteiger partial charge on any atom is -0.376 e. The van der Waals surface area contributed by atoms with E-state index in [1.165, 1.54) is 0 Å². The Labute approximate surface area is 96.0 Å². The van der Waals surface area contributed by atoms with Crippen molar-refractivity contribution in [2.45, 2.75) is 16.1 Å². The summed E-state index contributed by atoms with van der Waals surface area (Å²) in [5.74, 6) is 1.07. The molecule has 1 fully saturated rings. The molecular weight excluding hydrogens is 314 g/mol. The second kappa shape index (κ2) is 5.86. The third-order valence-corrected chi connectivity index (χ3v) is 4.08. The number of rotatable bonds is 5. The van der Waals surface area contributed by atoms with Gasteiger partial charge in [-0.1, -0.05) is 22.6 Å². The first kappa shape index (κ1) is 11.3. The van der Waals surface area contributed by atoms with Gasteiger partial charge in [0.1, 0.15) is 6.10 Å². The zero-order valence-corrected chi connectivity index (χ0v) is 10.2. The van der Waals surface area contributed by atoms with Crippen LogP contribution in [0.15, 0.2) is 0 Å². The fourth-order valence-electron chi connectivity index (χ4n) is 0.857. The average Bonchev–Trinajstić information content (AvgIpc) is 2.02. The Morgan fingerprint density at radius 3 is 2.42 bits per heavy atom. The van der Waals surface area contributed by atoms with Crippen LogP contribution in [0.25, 0.3) is 0 Å². The smallest absolute Gasteiger partial charge is 0.105 e. The van der Waals surface area contributed by atoms with Gasteiger partial charge in [0.25, 0.3) is 0 Å². The molecule has 5 heteroatoms. The molecule has 1 heterocycles. The summed E-state index contributed by atoms with van der Waals surface area (Å²) in [6, 6.07) is 0. The second-order valence-corrected chi connectivity index (χ2v) is 4.88. The summed E-state index contributed by atoms with van der Waals surface area (Å²) < 4.78 is 10.9. The quantitative estimate of drug-likeness (QED) is 0.569. The van der Waals surface area contributed by atoms with Crippen molar-refractivity contribution in [2.75, 3.05) is 25.0 Å². The molecule has 0 N–H and O–H groups in total. The lowest BCUT2D eigenvalue weighted by molar-refractivity contribution is -0.148. The Kier molecular flexibility index (Phi) is 5.52. The number of hydrogen-bond donors (Lipinski definition) is 0. The highest BCUT2D eigenvalue weighted by Crippen LogP contribution is 2.18. The molecule has 0 radical (unpaired) electrons. The highest BCUT2D eigenvalue weighted by molar-refractivity contribution is 14.1. The third kappa shape index (κ3) is 3.18. The van der Waals surface area contributed by atoms with Crippen molar-refractivity contribution in [3.05, 3.63) is 0 Å². The SMILES string of the molecule is ClCC(I)C(CCl)OC1COC1. The molecule has 0 aromatic heterocycles. The molecular formula is C7H11Cl2IO2. The van der Waals surface area contributed by atoms with Crippen LogP contribution < -0.4 is 0 Å². The second-order valence-electron chi connectivity index (χ2n) is 2.66. The van der Waals surface area contributed by atoms with E-state index in [1.807, 2.05) is 0 Å². The van der Waals surface area contributed by atoms with Crippen LogP contribution in [0.2, 0.25) is 0 Å². The summed E-state index contributed by atoms with van der Waals surface area (Å²) in [4.78, 5) is 0. The van der Waals surface area contributed by atoms with Gasteiger partial charge in [-0.15, -0.1) is 23.2 Å². The average molecular weight is 325 g/mol. The molecule has 0 aliphatic carbocycles. The van der Waals surface area contributed by atoms with Crippen LogP contribution in [0.3, 0.4) is 0 Å². The number of hydrogen-bond acceptors (Lipinski definition) is 2. The molecule has 2 atom stereocenters. The van der Waals surface area contributed by atoms with E-state index >= 15 is 0 Å². The van der Waals surface area contributed by atoms with Gasteiger partial charge < -0.3 is 9.47 Å². The molecule has 0 aromatic carbocycles. The lowest BCUT2D eigenvalue weighted by Gasteiger charge is -2.31. The van der Waals surface area contributed by atoms with E-state index in [0.29, 0.717) is 25.0 Å². The summed E-state index contributed by atoms with van der Waals surface area (Å²) in [7, 11) is 0.